The molecular weight excluding hydrogens is 248 g/mol. The van der Waals surface area contributed by atoms with Crippen molar-refractivity contribution in [2.75, 3.05) is 6.54 Å². The predicted octanol–water partition coefficient (Wildman–Crippen LogP) is 2.79. The van der Waals surface area contributed by atoms with Crippen LogP contribution in [0.2, 0.25) is 0 Å². The molecule has 1 N–H and O–H groups in total. The van der Waals surface area contributed by atoms with Gasteiger partial charge < -0.3 is 10.2 Å². The summed E-state index contributed by atoms with van der Waals surface area (Å²) in [4.78, 5) is 14.6. The third-order valence-corrected chi connectivity index (χ3v) is 4.24. The summed E-state index contributed by atoms with van der Waals surface area (Å²) in [5.74, 6) is 0.0232. The molecule has 0 fully saturated rings. The Morgan fingerprint density at radius 2 is 1.95 bits per heavy atom. The summed E-state index contributed by atoms with van der Waals surface area (Å²) in [5.41, 5.74) is 5.68. The van der Waals surface area contributed by atoms with Crippen LogP contribution in [0.25, 0.3) is 5.70 Å². The normalized spacial score (nSPS) is 21.0. The van der Waals surface area contributed by atoms with Crippen molar-refractivity contribution in [2.24, 2.45) is 0 Å². The number of carbonyl (C=O) groups is 1. The van der Waals surface area contributed by atoms with E-state index in [0.29, 0.717) is 0 Å². The molecule has 1 aliphatic carbocycles. The second kappa shape index (κ2) is 4.37. The number of carbonyl (C=O) groups excluding carboxylic acids is 1. The molecular formula is C17H16N2O. The van der Waals surface area contributed by atoms with E-state index in [9.17, 15) is 4.79 Å². The zero-order chi connectivity index (χ0) is 13.5. The van der Waals surface area contributed by atoms with Crippen molar-refractivity contribution in [3.8, 4) is 0 Å². The molecule has 1 amide bonds. The van der Waals surface area contributed by atoms with E-state index in [1.807, 2.05) is 24.4 Å². The van der Waals surface area contributed by atoms with Gasteiger partial charge in [-0.2, -0.15) is 0 Å². The Kier molecular flexibility index (Phi) is 2.52. The molecule has 0 saturated heterocycles. The van der Waals surface area contributed by atoms with Crippen molar-refractivity contribution >= 4 is 11.6 Å². The van der Waals surface area contributed by atoms with Crippen molar-refractivity contribution in [3.63, 3.8) is 0 Å². The van der Waals surface area contributed by atoms with Gasteiger partial charge in [0.1, 0.15) is 0 Å². The molecule has 0 radical (unpaired) electrons. The molecule has 2 heterocycles. The van der Waals surface area contributed by atoms with E-state index < -0.39 is 0 Å². The summed E-state index contributed by atoms with van der Waals surface area (Å²) in [6.07, 6.45) is 7.08. The van der Waals surface area contributed by atoms with E-state index in [1.165, 1.54) is 5.57 Å². The zero-order valence-corrected chi connectivity index (χ0v) is 11.2. The standard InChI is InChI=1S/C17H16N2O/c20-17-14-8-4-7-13-9-10-19(16(13)14)15(11-18-17)12-5-2-1-3-6-12/h1-3,5-6,8,11H,4,7,9-10H2,(H,18,20). The minimum absolute atomic E-state index is 0.0232. The maximum Gasteiger partial charge on any atom is 0.257 e. The van der Waals surface area contributed by atoms with Gasteiger partial charge in [-0.1, -0.05) is 36.4 Å². The van der Waals surface area contributed by atoms with Gasteiger partial charge in [0.2, 0.25) is 0 Å². The maximum atomic E-state index is 12.3. The largest absolute Gasteiger partial charge is 0.339 e. The van der Waals surface area contributed by atoms with E-state index in [0.717, 1.165) is 48.3 Å². The monoisotopic (exact) mass is 264 g/mol. The fourth-order valence-corrected chi connectivity index (χ4v) is 3.31. The van der Waals surface area contributed by atoms with Gasteiger partial charge in [-0.15, -0.1) is 0 Å². The van der Waals surface area contributed by atoms with Crippen LogP contribution in [-0.4, -0.2) is 17.4 Å². The quantitative estimate of drug-likeness (QED) is 0.846. The number of allylic oxidation sites excluding steroid dienone is 1. The number of rotatable bonds is 1. The molecule has 3 heteroatoms. The second-order valence-corrected chi connectivity index (χ2v) is 5.38. The summed E-state index contributed by atoms with van der Waals surface area (Å²) >= 11 is 0. The number of benzene rings is 1. The van der Waals surface area contributed by atoms with Gasteiger partial charge in [-0.25, -0.2) is 0 Å². The molecule has 1 aromatic rings. The Morgan fingerprint density at radius 1 is 1.10 bits per heavy atom. The number of hydrogen-bond acceptors (Lipinski definition) is 2. The Morgan fingerprint density at radius 3 is 2.80 bits per heavy atom. The van der Waals surface area contributed by atoms with Crippen LogP contribution in [0.5, 0.6) is 0 Å². The van der Waals surface area contributed by atoms with Crippen molar-refractivity contribution in [1.29, 1.82) is 0 Å². The predicted molar refractivity (Wildman–Crippen MR) is 78.2 cm³/mol. The highest BCUT2D eigenvalue weighted by Gasteiger charge is 2.34. The third-order valence-electron chi connectivity index (χ3n) is 4.24. The molecule has 0 atom stereocenters. The minimum atomic E-state index is 0.0232. The zero-order valence-electron chi connectivity index (χ0n) is 11.2. The lowest BCUT2D eigenvalue weighted by molar-refractivity contribution is -0.116. The Labute approximate surface area is 118 Å². The topological polar surface area (TPSA) is 32.3 Å². The van der Waals surface area contributed by atoms with Gasteiger partial charge in [0.25, 0.3) is 5.91 Å². The van der Waals surface area contributed by atoms with Crippen LogP contribution in [0.15, 0.2) is 59.5 Å². The van der Waals surface area contributed by atoms with Crippen LogP contribution < -0.4 is 5.32 Å². The number of hydrogen-bond donors (Lipinski definition) is 1. The first-order valence-electron chi connectivity index (χ1n) is 7.11. The molecule has 0 bridgehead atoms. The molecule has 4 rings (SSSR count). The van der Waals surface area contributed by atoms with Crippen LogP contribution in [0.3, 0.4) is 0 Å². The van der Waals surface area contributed by atoms with Crippen molar-refractivity contribution in [3.05, 3.63) is 65.0 Å². The van der Waals surface area contributed by atoms with Crippen LogP contribution in [0, 0.1) is 0 Å². The van der Waals surface area contributed by atoms with E-state index in [2.05, 4.69) is 28.4 Å². The van der Waals surface area contributed by atoms with Crippen LogP contribution in [0.1, 0.15) is 24.8 Å². The molecule has 1 aromatic carbocycles. The average Bonchev–Trinajstić information content (AvgIpc) is 2.86. The molecule has 3 aliphatic rings. The van der Waals surface area contributed by atoms with Gasteiger partial charge in [0.05, 0.1) is 17.0 Å². The van der Waals surface area contributed by atoms with Crippen molar-refractivity contribution < 1.29 is 4.79 Å². The molecule has 0 aromatic heterocycles. The molecule has 0 unspecified atom stereocenters. The Bertz CT molecular complexity index is 667. The number of nitrogens with one attached hydrogen (secondary N) is 1. The molecule has 0 spiro atoms. The van der Waals surface area contributed by atoms with Gasteiger partial charge in [-0.3, -0.25) is 4.79 Å². The van der Waals surface area contributed by atoms with E-state index in [-0.39, 0.29) is 5.91 Å². The maximum absolute atomic E-state index is 12.3. The number of amides is 1. The summed E-state index contributed by atoms with van der Waals surface area (Å²) in [6.45, 7) is 0.970. The van der Waals surface area contributed by atoms with Crippen LogP contribution in [0.4, 0.5) is 0 Å². The second-order valence-electron chi connectivity index (χ2n) is 5.38. The van der Waals surface area contributed by atoms with Gasteiger partial charge in [0, 0.05) is 12.7 Å². The van der Waals surface area contributed by atoms with Crippen LogP contribution >= 0.6 is 0 Å². The van der Waals surface area contributed by atoms with Gasteiger partial charge in [-0.05, 0) is 30.4 Å². The molecule has 0 saturated carbocycles. The summed E-state index contributed by atoms with van der Waals surface area (Å²) in [5, 5.41) is 2.93. The number of nitrogens with zero attached hydrogens (tertiary/aromatic N) is 1. The highest BCUT2D eigenvalue weighted by atomic mass is 16.1. The highest BCUT2D eigenvalue weighted by Crippen LogP contribution is 2.41. The van der Waals surface area contributed by atoms with Crippen molar-refractivity contribution in [2.45, 2.75) is 19.3 Å². The smallest absolute Gasteiger partial charge is 0.257 e. The third kappa shape index (κ3) is 1.63. The van der Waals surface area contributed by atoms with E-state index in [1.54, 1.807) is 0 Å². The van der Waals surface area contributed by atoms with Gasteiger partial charge in [0.15, 0.2) is 0 Å². The molecule has 3 nitrogen and oxygen atoms in total. The summed E-state index contributed by atoms with van der Waals surface area (Å²) < 4.78 is 0. The fraction of sp³-hybridized carbons (Fsp3) is 0.235. The highest BCUT2D eigenvalue weighted by molar-refractivity contribution is 6.01. The fourth-order valence-electron chi connectivity index (χ4n) is 3.31. The van der Waals surface area contributed by atoms with Crippen molar-refractivity contribution in [1.82, 2.24) is 10.2 Å². The molecule has 100 valence electrons. The minimum Gasteiger partial charge on any atom is -0.339 e. The Hall–Kier alpha value is -2.29. The molecule has 2 aliphatic heterocycles. The average molecular weight is 264 g/mol. The summed E-state index contributed by atoms with van der Waals surface area (Å²) in [6, 6.07) is 10.3. The van der Waals surface area contributed by atoms with Crippen LogP contribution in [-0.2, 0) is 4.79 Å². The summed E-state index contributed by atoms with van der Waals surface area (Å²) in [7, 11) is 0. The first-order valence-corrected chi connectivity index (χ1v) is 7.11. The van der Waals surface area contributed by atoms with Gasteiger partial charge >= 0.3 is 0 Å². The molecule has 20 heavy (non-hydrogen) atoms. The lowest BCUT2D eigenvalue weighted by Gasteiger charge is -2.25. The lowest BCUT2D eigenvalue weighted by Crippen LogP contribution is -2.22. The van der Waals surface area contributed by atoms with E-state index in [4.69, 9.17) is 0 Å². The SMILES string of the molecule is O=C1NC=C(c2ccccc2)N2CCC3=C2C1=CCC3. The lowest BCUT2D eigenvalue weighted by atomic mass is 9.95. The Balaban J connectivity index is 1.85. The first-order chi connectivity index (χ1) is 9.84. The van der Waals surface area contributed by atoms with E-state index >= 15 is 0 Å². The first kappa shape index (κ1) is 11.5.